The second kappa shape index (κ2) is 21.9. The van der Waals surface area contributed by atoms with Gasteiger partial charge in [-0.25, -0.2) is 4.98 Å². The number of H-pyrrole nitrogens is 1. The molecule has 1 saturated heterocycles. The molecular formula is C38H52F3N5O6S2. The second-order valence-corrected chi connectivity index (χ2v) is 14.7. The largest absolute Gasteiger partial charge is 0.496 e. The van der Waals surface area contributed by atoms with Crippen LogP contribution >= 0.6 is 23.3 Å². The molecule has 0 spiro atoms. The number of amides is 3. The zero-order chi connectivity index (χ0) is 39.8. The van der Waals surface area contributed by atoms with Crippen molar-refractivity contribution < 1.29 is 37.0 Å². The van der Waals surface area contributed by atoms with Gasteiger partial charge >= 0.3 is 6.18 Å². The molecule has 2 atom stereocenters. The van der Waals surface area contributed by atoms with Gasteiger partial charge in [0.15, 0.2) is 11.1 Å². The summed E-state index contributed by atoms with van der Waals surface area (Å²) in [6.07, 6.45) is 6.88. The number of alkyl halides is 3. The Labute approximate surface area is 323 Å². The van der Waals surface area contributed by atoms with Crippen molar-refractivity contribution in [2.75, 3.05) is 20.3 Å². The van der Waals surface area contributed by atoms with Crippen LogP contribution < -0.4 is 20.2 Å². The van der Waals surface area contributed by atoms with Crippen molar-refractivity contribution in [1.29, 1.82) is 0 Å². The van der Waals surface area contributed by atoms with Crippen LogP contribution in [0.5, 0.6) is 5.75 Å². The summed E-state index contributed by atoms with van der Waals surface area (Å²) >= 11 is 2.35. The van der Waals surface area contributed by atoms with Crippen LogP contribution in [0.4, 0.5) is 13.2 Å². The van der Waals surface area contributed by atoms with Crippen molar-refractivity contribution in [1.82, 2.24) is 24.9 Å². The molecular weight excluding hydrogens is 744 g/mol. The van der Waals surface area contributed by atoms with Gasteiger partial charge in [0.2, 0.25) is 12.3 Å². The highest BCUT2D eigenvalue weighted by Crippen LogP contribution is 2.34. The minimum absolute atomic E-state index is 0.00605. The summed E-state index contributed by atoms with van der Waals surface area (Å²) in [5.41, 5.74) is 0.218. The number of thiazole rings is 1. The fraction of sp³-hybridized carbons (Fsp3) is 0.553. The quantitative estimate of drug-likeness (QED) is 0.0657. The van der Waals surface area contributed by atoms with Crippen LogP contribution in [0, 0.1) is 6.92 Å². The lowest BCUT2D eigenvalue weighted by atomic mass is 10.1. The van der Waals surface area contributed by atoms with Crippen LogP contribution in [-0.2, 0) is 25.3 Å². The first kappa shape index (κ1) is 44.5. The minimum atomic E-state index is -4.51. The van der Waals surface area contributed by atoms with E-state index < -0.39 is 18.0 Å². The summed E-state index contributed by atoms with van der Waals surface area (Å²) in [7, 11) is 1.51. The lowest BCUT2D eigenvalue weighted by Gasteiger charge is -2.26. The number of rotatable bonds is 14. The molecule has 16 heteroatoms. The lowest BCUT2D eigenvalue weighted by molar-refractivity contribution is -0.147. The first-order valence-electron chi connectivity index (χ1n) is 18.3. The first-order chi connectivity index (χ1) is 25.9. The summed E-state index contributed by atoms with van der Waals surface area (Å²) in [5.74, 6) is 0.532. The zero-order valence-corrected chi connectivity index (χ0v) is 33.2. The predicted octanol–water partition coefficient (Wildman–Crippen LogP) is 7.57. The third-order valence-corrected chi connectivity index (χ3v) is 10.5. The van der Waals surface area contributed by atoms with Gasteiger partial charge in [-0.05, 0) is 95.7 Å². The van der Waals surface area contributed by atoms with Crippen LogP contribution in [0.1, 0.15) is 89.8 Å². The summed E-state index contributed by atoms with van der Waals surface area (Å²) in [6, 6.07) is 4.58. The van der Waals surface area contributed by atoms with Crippen molar-refractivity contribution in [3.63, 3.8) is 0 Å². The summed E-state index contributed by atoms with van der Waals surface area (Å²) < 4.78 is 51.4. The Balaban J connectivity index is 0.000000237. The van der Waals surface area contributed by atoms with E-state index >= 15 is 0 Å². The van der Waals surface area contributed by atoms with E-state index in [2.05, 4.69) is 26.6 Å². The number of likely N-dealkylation sites (tertiary alicyclic amines) is 1. The molecule has 1 aliphatic heterocycles. The smallest absolute Gasteiger partial charge is 0.434 e. The number of fused-ring (bicyclic) bond motifs is 1. The molecule has 2 aromatic heterocycles. The predicted molar refractivity (Wildman–Crippen MR) is 208 cm³/mol. The lowest BCUT2D eigenvalue weighted by Crippen LogP contribution is -2.49. The highest BCUT2D eigenvalue weighted by Gasteiger charge is 2.38. The number of hydrogen-bond acceptors (Lipinski definition) is 9. The Morgan fingerprint density at radius 3 is 2.50 bits per heavy atom. The number of hydrogen-bond donors (Lipinski definition) is 3. The van der Waals surface area contributed by atoms with Gasteiger partial charge in [-0.3, -0.25) is 19.2 Å². The van der Waals surface area contributed by atoms with E-state index in [-0.39, 0.29) is 34.0 Å². The third kappa shape index (κ3) is 13.4. The topological polar surface area (TPSA) is 143 Å². The number of methoxy groups -OCH3 is 1. The van der Waals surface area contributed by atoms with Crippen molar-refractivity contribution in [3.8, 4) is 16.5 Å². The van der Waals surface area contributed by atoms with Gasteiger partial charge in [0.25, 0.3) is 5.91 Å². The molecule has 11 nitrogen and oxygen atoms in total. The Bertz CT molecular complexity index is 1740. The van der Waals surface area contributed by atoms with Crippen molar-refractivity contribution in [2.45, 2.75) is 115 Å². The number of carbonyl (C=O) groups is 3. The molecule has 1 unspecified atom stereocenters. The maximum absolute atomic E-state index is 12.7. The number of unbranched alkanes of at least 4 members (excludes halogenated alkanes) is 2. The number of ether oxygens (including phenoxy) is 2. The Morgan fingerprint density at radius 2 is 1.91 bits per heavy atom. The Morgan fingerprint density at radius 1 is 1.19 bits per heavy atom. The van der Waals surface area contributed by atoms with Gasteiger partial charge < -0.3 is 29.4 Å². The van der Waals surface area contributed by atoms with E-state index in [1.165, 1.54) is 38.0 Å². The number of halogens is 3. The van der Waals surface area contributed by atoms with Gasteiger partial charge in [-0.15, -0.1) is 17.9 Å². The monoisotopic (exact) mass is 795 g/mol. The molecule has 0 bridgehead atoms. The summed E-state index contributed by atoms with van der Waals surface area (Å²) in [5, 5.41) is 5.21. The number of allylic oxidation sites excluding steroid dienone is 1. The number of nitrogens with zero attached hydrogens (tertiary/aromatic N) is 2. The van der Waals surface area contributed by atoms with Crippen LogP contribution in [0.15, 0.2) is 41.0 Å². The SMILES string of the molecule is C=CCCCCO[C@H](C)C(=O)N1CCCC1C(=O)NC1CC1.CC.COc1ccc2c(=O)cc(-c3nc(C(F)(F)F)cs3)[nH]c2c1C.O=CNSC1CC1. The number of aromatic nitrogens is 2. The maximum Gasteiger partial charge on any atom is 0.434 e. The molecule has 1 aromatic carbocycles. The van der Waals surface area contributed by atoms with E-state index in [1.807, 2.05) is 19.9 Å². The van der Waals surface area contributed by atoms with E-state index in [0.717, 1.165) is 73.3 Å². The fourth-order valence-corrected chi connectivity index (χ4v) is 6.81. The molecule has 2 saturated carbocycles. The number of aromatic amines is 1. The molecule has 54 heavy (non-hydrogen) atoms. The van der Waals surface area contributed by atoms with E-state index in [1.54, 1.807) is 30.9 Å². The Hall–Kier alpha value is -3.89. The summed E-state index contributed by atoms with van der Waals surface area (Å²) in [4.78, 5) is 54.8. The molecule has 298 valence electrons. The standard InChI is InChI=1S/C17H28N2O3.C15H11F3N2O2S.C4H7NOS.C2H6/c1-3-4-5-6-12-22-13(2)17(21)19-11-7-8-15(19)16(20)18-14-9-10-14;1-7-11(22-2)4-3-8-10(21)5-9(19-13(7)8)14-20-12(6-23-14)15(16,17)18;6-3-5-7-4-1-2-4;1-2/h3,13-15H,1,4-12H2,2H3,(H,18,20);3-6H,1-2H3,(H,19,21);3-4H,1-2H2,(H,5,6);1-2H3/t13-,15?;;;/m1.../s1. The first-order valence-corrected chi connectivity index (χ1v) is 20.1. The number of nitrogens with one attached hydrogen (secondary N) is 3. The average molecular weight is 796 g/mol. The zero-order valence-electron chi connectivity index (χ0n) is 31.6. The van der Waals surface area contributed by atoms with E-state index in [4.69, 9.17) is 9.47 Å². The normalized spacial score (nSPS) is 16.7. The molecule has 3 N–H and O–H groups in total. The molecule has 3 amide bonds. The fourth-order valence-electron chi connectivity index (χ4n) is 5.40. The van der Waals surface area contributed by atoms with Crippen LogP contribution in [0.3, 0.4) is 0 Å². The van der Waals surface area contributed by atoms with E-state index in [0.29, 0.717) is 41.4 Å². The average Bonchev–Trinajstić information content (AvgIpc) is 4.06. The van der Waals surface area contributed by atoms with Crippen LogP contribution in [0.25, 0.3) is 21.6 Å². The number of benzene rings is 1. The second-order valence-electron chi connectivity index (χ2n) is 12.7. The molecule has 0 radical (unpaired) electrons. The van der Waals surface area contributed by atoms with Crippen molar-refractivity contribution >= 4 is 52.4 Å². The molecule has 3 heterocycles. The number of carbonyl (C=O) groups excluding carboxylic acids is 3. The minimum Gasteiger partial charge on any atom is -0.496 e. The van der Waals surface area contributed by atoms with Gasteiger partial charge in [0, 0.05) is 46.8 Å². The van der Waals surface area contributed by atoms with Gasteiger partial charge in [0.1, 0.15) is 22.9 Å². The van der Waals surface area contributed by atoms with E-state index in [9.17, 15) is 32.3 Å². The van der Waals surface area contributed by atoms with Crippen molar-refractivity contribution in [3.05, 3.63) is 57.7 Å². The maximum atomic E-state index is 12.7. The number of aryl methyl sites for hydroxylation is 1. The molecule has 2 aliphatic carbocycles. The highest BCUT2D eigenvalue weighted by atomic mass is 32.2. The van der Waals surface area contributed by atoms with Gasteiger partial charge in [-0.2, -0.15) is 13.2 Å². The van der Waals surface area contributed by atoms with Gasteiger partial charge in [-0.1, -0.05) is 19.9 Å². The number of pyridine rings is 1. The highest BCUT2D eigenvalue weighted by molar-refractivity contribution is 7.98. The molecule has 6 rings (SSSR count). The van der Waals surface area contributed by atoms with Gasteiger partial charge in [0.05, 0.1) is 18.3 Å². The molecule has 3 aromatic rings. The molecule has 3 fully saturated rings. The third-order valence-electron chi connectivity index (χ3n) is 8.55. The Kier molecular flexibility index (Phi) is 18.0. The summed E-state index contributed by atoms with van der Waals surface area (Å²) in [6.45, 7) is 12.5. The molecule has 3 aliphatic rings. The van der Waals surface area contributed by atoms with Crippen LogP contribution in [0.2, 0.25) is 0 Å². The van der Waals surface area contributed by atoms with Crippen molar-refractivity contribution in [2.24, 2.45) is 0 Å². The van der Waals surface area contributed by atoms with Crippen LogP contribution in [-0.4, -0.2) is 76.8 Å².